The molecule has 2 N–H and O–H groups in total. The predicted molar refractivity (Wildman–Crippen MR) is 52.7 cm³/mol. The molecule has 2 rings (SSSR count). The van der Waals surface area contributed by atoms with Crippen molar-refractivity contribution in [3.05, 3.63) is 28.4 Å². The summed E-state index contributed by atoms with van der Waals surface area (Å²) in [4.78, 5) is 29.1. The molecule has 1 heterocycles. The number of nitrogens with two attached hydrogens (primary N) is 1. The third-order valence-electron chi connectivity index (χ3n) is 1.95. The largest absolute Gasteiger partial charge is 0.397 e. The van der Waals surface area contributed by atoms with Gasteiger partial charge in [0.25, 0.3) is 0 Å². The number of anilines is 1. The molecule has 1 aromatic carbocycles. The van der Waals surface area contributed by atoms with Crippen LogP contribution in [0.2, 0.25) is 0 Å². The molecular weight excluding hydrogens is 218 g/mol. The van der Waals surface area contributed by atoms with Crippen LogP contribution < -0.4 is 16.4 Å². The highest BCUT2D eigenvalue weighted by atomic mass is 35.5. The molecule has 0 radical (unpaired) electrons. The second-order valence-electron chi connectivity index (χ2n) is 3.02. The van der Waals surface area contributed by atoms with Gasteiger partial charge in [0.2, 0.25) is 0 Å². The van der Waals surface area contributed by atoms with Crippen LogP contribution in [0.4, 0.5) is 5.69 Å². The van der Waals surface area contributed by atoms with Crippen molar-refractivity contribution >= 4 is 29.1 Å². The zero-order valence-electron chi connectivity index (χ0n) is 7.53. The predicted octanol–water partition coefficient (Wildman–Crippen LogP) is -0.686. The Morgan fingerprint density at radius 1 is 1.20 bits per heavy atom. The van der Waals surface area contributed by atoms with Gasteiger partial charge in [-0.25, -0.2) is 9.98 Å². The number of carbonyl (C=O) groups is 2. The summed E-state index contributed by atoms with van der Waals surface area (Å²) in [7, 11) is 0. The summed E-state index contributed by atoms with van der Waals surface area (Å²) in [6.07, 6.45) is 0. The number of alkyl halides is 1. The van der Waals surface area contributed by atoms with E-state index in [-0.39, 0.29) is 11.2 Å². The van der Waals surface area contributed by atoms with Crippen LogP contribution in [0, 0.1) is 0 Å². The van der Waals surface area contributed by atoms with E-state index < -0.39 is 11.8 Å². The Hall–Kier alpha value is -1.75. The van der Waals surface area contributed by atoms with Gasteiger partial charge >= 0.3 is 11.8 Å². The van der Waals surface area contributed by atoms with E-state index in [1.807, 2.05) is 0 Å². The first-order chi connectivity index (χ1) is 7.11. The molecular formula is C9H6ClN3O2. The van der Waals surface area contributed by atoms with Gasteiger partial charge in [0.15, 0.2) is 0 Å². The number of amides is 2. The standard InChI is InChI=1S/C9H6ClN3O2/c10-3-4-1-5(11)7-6(2-4)12-8(14)9(15)13-7/h1-2H,3,11H2. The molecule has 0 atom stereocenters. The summed E-state index contributed by atoms with van der Waals surface area (Å²) >= 11 is 5.63. The molecule has 6 heteroatoms. The molecule has 0 saturated heterocycles. The molecule has 1 aliphatic heterocycles. The molecule has 15 heavy (non-hydrogen) atoms. The number of carbonyl (C=O) groups excluding carboxylic acids is 2. The van der Waals surface area contributed by atoms with Crippen LogP contribution in [-0.4, -0.2) is 11.8 Å². The zero-order chi connectivity index (χ0) is 11.0. The second kappa shape index (κ2) is 3.43. The van der Waals surface area contributed by atoms with Crippen molar-refractivity contribution in [2.75, 3.05) is 5.73 Å². The quantitative estimate of drug-likeness (QED) is 0.389. The maximum absolute atomic E-state index is 11.0. The monoisotopic (exact) mass is 223 g/mol. The summed E-state index contributed by atoms with van der Waals surface area (Å²) in [6, 6.07) is 3.19. The van der Waals surface area contributed by atoms with Gasteiger partial charge in [-0.15, -0.1) is 11.6 Å². The lowest BCUT2D eigenvalue weighted by Gasteiger charge is -2.02. The van der Waals surface area contributed by atoms with Crippen molar-refractivity contribution in [1.82, 2.24) is 0 Å². The molecule has 0 aliphatic carbocycles. The highest BCUT2D eigenvalue weighted by Gasteiger charge is 2.16. The number of nitrogens with zero attached hydrogens (tertiary/aromatic N) is 2. The van der Waals surface area contributed by atoms with Crippen molar-refractivity contribution in [3.63, 3.8) is 0 Å². The van der Waals surface area contributed by atoms with Gasteiger partial charge in [-0.1, -0.05) is 0 Å². The average molecular weight is 224 g/mol. The number of benzene rings is 1. The SMILES string of the molecule is Nc1cc(CCl)cc2c1=NC(=O)C(=O)N=2. The minimum absolute atomic E-state index is 0.244. The molecule has 0 saturated carbocycles. The molecule has 0 spiro atoms. The summed E-state index contributed by atoms with van der Waals surface area (Å²) in [5.41, 5.74) is 6.68. The first-order valence-corrected chi connectivity index (χ1v) is 4.65. The van der Waals surface area contributed by atoms with Crippen molar-refractivity contribution < 1.29 is 9.59 Å². The number of nitrogen functional groups attached to an aromatic ring is 1. The second-order valence-corrected chi connectivity index (χ2v) is 3.29. The van der Waals surface area contributed by atoms with Crippen LogP contribution in [0.5, 0.6) is 0 Å². The number of hydrogen-bond acceptors (Lipinski definition) is 3. The lowest BCUT2D eigenvalue weighted by molar-refractivity contribution is -0.135. The Morgan fingerprint density at radius 3 is 2.53 bits per heavy atom. The molecule has 1 aliphatic rings. The summed E-state index contributed by atoms with van der Waals surface area (Å²) in [5.74, 6) is -1.52. The van der Waals surface area contributed by atoms with Crippen LogP contribution in [-0.2, 0) is 15.5 Å². The third-order valence-corrected chi connectivity index (χ3v) is 2.26. The van der Waals surface area contributed by atoms with E-state index in [4.69, 9.17) is 17.3 Å². The van der Waals surface area contributed by atoms with Crippen molar-refractivity contribution in [2.45, 2.75) is 5.88 Å². The molecule has 0 fully saturated rings. The number of halogens is 1. The summed E-state index contributed by atoms with van der Waals surface area (Å²) < 4.78 is 0. The Labute approximate surface area is 89.3 Å². The Bertz CT molecular complexity index is 580. The molecule has 0 aromatic heterocycles. The molecule has 0 bridgehead atoms. The van der Waals surface area contributed by atoms with Gasteiger partial charge in [0.05, 0.1) is 11.0 Å². The van der Waals surface area contributed by atoms with Crippen molar-refractivity contribution in [2.24, 2.45) is 9.98 Å². The van der Waals surface area contributed by atoms with Gasteiger partial charge in [-0.2, -0.15) is 0 Å². The highest BCUT2D eigenvalue weighted by molar-refractivity contribution is 6.36. The molecule has 2 amide bonds. The fourth-order valence-corrected chi connectivity index (χ4v) is 1.45. The number of rotatable bonds is 1. The average Bonchev–Trinajstić information content (AvgIpc) is 2.21. The van der Waals surface area contributed by atoms with E-state index in [1.165, 1.54) is 0 Å². The normalized spacial score (nSPS) is 14.2. The van der Waals surface area contributed by atoms with Gasteiger partial charge in [-0.05, 0) is 17.7 Å². The van der Waals surface area contributed by atoms with E-state index in [9.17, 15) is 9.59 Å². The minimum Gasteiger partial charge on any atom is -0.397 e. The van der Waals surface area contributed by atoms with Gasteiger partial charge in [0, 0.05) is 5.88 Å². The first-order valence-electron chi connectivity index (χ1n) is 4.12. The lowest BCUT2D eigenvalue weighted by Crippen LogP contribution is -2.36. The fourth-order valence-electron chi connectivity index (χ4n) is 1.29. The van der Waals surface area contributed by atoms with Gasteiger partial charge in [-0.3, -0.25) is 9.59 Å². The van der Waals surface area contributed by atoms with E-state index in [1.54, 1.807) is 12.1 Å². The topological polar surface area (TPSA) is 84.9 Å². The Balaban J connectivity index is 2.83. The maximum atomic E-state index is 11.0. The lowest BCUT2D eigenvalue weighted by atomic mass is 10.2. The van der Waals surface area contributed by atoms with Crippen molar-refractivity contribution in [1.29, 1.82) is 0 Å². The van der Waals surface area contributed by atoms with Gasteiger partial charge in [0.1, 0.15) is 5.36 Å². The fraction of sp³-hybridized carbons (Fsp3) is 0.111. The summed E-state index contributed by atoms with van der Waals surface area (Å²) in [6.45, 7) is 0. The van der Waals surface area contributed by atoms with Gasteiger partial charge < -0.3 is 5.73 Å². The van der Waals surface area contributed by atoms with Crippen LogP contribution in [0.1, 0.15) is 5.56 Å². The molecule has 76 valence electrons. The van der Waals surface area contributed by atoms with Crippen LogP contribution in [0.3, 0.4) is 0 Å². The highest BCUT2D eigenvalue weighted by Crippen LogP contribution is 2.03. The number of fused-ring (bicyclic) bond motifs is 1. The molecule has 1 aromatic rings. The van der Waals surface area contributed by atoms with E-state index in [2.05, 4.69) is 9.98 Å². The Kier molecular flexibility index (Phi) is 2.24. The van der Waals surface area contributed by atoms with Crippen molar-refractivity contribution in [3.8, 4) is 0 Å². The van der Waals surface area contributed by atoms with E-state index in [0.29, 0.717) is 11.0 Å². The van der Waals surface area contributed by atoms with Crippen LogP contribution in [0.15, 0.2) is 22.1 Å². The molecule has 0 unspecified atom stereocenters. The van der Waals surface area contributed by atoms with E-state index in [0.717, 1.165) is 5.56 Å². The molecule has 5 nitrogen and oxygen atoms in total. The van der Waals surface area contributed by atoms with Crippen LogP contribution in [0.25, 0.3) is 0 Å². The third kappa shape index (κ3) is 1.61. The minimum atomic E-state index is -0.896. The summed E-state index contributed by atoms with van der Waals surface area (Å²) in [5, 5.41) is 0.545. The maximum Gasteiger partial charge on any atom is 0.338 e. The van der Waals surface area contributed by atoms with Crippen LogP contribution >= 0.6 is 11.6 Å². The smallest absolute Gasteiger partial charge is 0.338 e. The Morgan fingerprint density at radius 2 is 1.87 bits per heavy atom. The van der Waals surface area contributed by atoms with E-state index >= 15 is 0 Å². The number of hydrogen-bond donors (Lipinski definition) is 1. The zero-order valence-corrected chi connectivity index (χ0v) is 8.28. The first kappa shape index (κ1) is 9.79.